The lowest BCUT2D eigenvalue weighted by molar-refractivity contribution is 0.0923. The summed E-state index contributed by atoms with van der Waals surface area (Å²) in [5, 5.41) is 9.62. The first kappa shape index (κ1) is 16.7. The van der Waals surface area contributed by atoms with Gasteiger partial charge in [0.1, 0.15) is 17.2 Å². The molecule has 1 N–H and O–H groups in total. The number of hydrogen-bond donors (Lipinski definition) is 1. The van der Waals surface area contributed by atoms with Crippen LogP contribution in [0.3, 0.4) is 0 Å². The van der Waals surface area contributed by atoms with Gasteiger partial charge in [-0.1, -0.05) is 6.07 Å². The summed E-state index contributed by atoms with van der Waals surface area (Å²) in [6.45, 7) is 1.67. The van der Waals surface area contributed by atoms with Gasteiger partial charge >= 0.3 is 0 Å². The average molecular weight is 368 g/mol. The van der Waals surface area contributed by atoms with Crippen LogP contribution in [0.25, 0.3) is 10.6 Å². The molecule has 8 heteroatoms. The number of carbonyl (C=O) groups excluding carboxylic acids is 1. The zero-order chi connectivity index (χ0) is 17.9. The van der Waals surface area contributed by atoms with Gasteiger partial charge in [-0.25, -0.2) is 4.98 Å². The Balaban J connectivity index is 1.45. The third kappa shape index (κ3) is 3.45. The fourth-order valence-corrected chi connectivity index (χ4v) is 3.92. The minimum Gasteiger partial charge on any atom is -0.353 e. The molecule has 1 atom stereocenters. The molecule has 0 aliphatic carbocycles. The van der Waals surface area contributed by atoms with E-state index in [4.69, 9.17) is 0 Å². The van der Waals surface area contributed by atoms with Crippen LogP contribution in [0, 0.1) is 0 Å². The minimum atomic E-state index is -0.0891. The van der Waals surface area contributed by atoms with Crippen molar-refractivity contribution in [3.8, 4) is 10.6 Å². The molecule has 0 unspecified atom stereocenters. The topological polar surface area (TPSA) is 75.9 Å². The van der Waals surface area contributed by atoms with Gasteiger partial charge in [0.25, 0.3) is 5.91 Å². The molecule has 1 aliphatic rings. The molecule has 3 aromatic rings. The van der Waals surface area contributed by atoms with Crippen molar-refractivity contribution >= 4 is 23.1 Å². The summed E-state index contributed by atoms with van der Waals surface area (Å²) in [6, 6.07) is 5.93. The molecule has 0 saturated carbocycles. The molecule has 1 saturated heterocycles. The Morgan fingerprint density at radius 1 is 1.38 bits per heavy atom. The summed E-state index contributed by atoms with van der Waals surface area (Å²) in [6.07, 6.45) is 7.09. The zero-order valence-corrected chi connectivity index (χ0v) is 15.3. The highest BCUT2D eigenvalue weighted by atomic mass is 32.1. The van der Waals surface area contributed by atoms with Crippen LogP contribution in [0.2, 0.25) is 0 Å². The van der Waals surface area contributed by atoms with Crippen LogP contribution in [0.5, 0.6) is 0 Å². The van der Waals surface area contributed by atoms with Crippen molar-refractivity contribution in [2.45, 2.75) is 18.9 Å². The lowest BCUT2D eigenvalue weighted by atomic mass is 10.1. The Bertz CT molecular complexity index is 876. The van der Waals surface area contributed by atoms with E-state index in [2.05, 4.69) is 25.3 Å². The second kappa shape index (κ2) is 7.25. The molecule has 0 bridgehead atoms. The van der Waals surface area contributed by atoms with Gasteiger partial charge in [0.15, 0.2) is 0 Å². The Kier molecular flexibility index (Phi) is 4.66. The summed E-state index contributed by atoms with van der Waals surface area (Å²) >= 11 is 1.62. The largest absolute Gasteiger partial charge is 0.353 e. The van der Waals surface area contributed by atoms with E-state index in [9.17, 15) is 4.79 Å². The number of hydrogen-bond acceptors (Lipinski definition) is 6. The molecule has 7 nitrogen and oxygen atoms in total. The lowest BCUT2D eigenvalue weighted by Gasteiger charge is -2.33. The Morgan fingerprint density at radius 2 is 2.31 bits per heavy atom. The fraction of sp³-hybridized carbons (Fsp3) is 0.333. The highest BCUT2D eigenvalue weighted by Gasteiger charge is 2.24. The zero-order valence-electron chi connectivity index (χ0n) is 14.5. The number of carbonyl (C=O) groups is 1. The van der Waals surface area contributed by atoms with Gasteiger partial charge in [0.2, 0.25) is 0 Å². The van der Waals surface area contributed by atoms with Crippen LogP contribution in [0.15, 0.2) is 42.2 Å². The third-order valence-electron chi connectivity index (χ3n) is 4.52. The first-order chi connectivity index (χ1) is 12.7. The van der Waals surface area contributed by atoms with Gasteiger partial charge in [-0.15, -0.1) is 11.3 Å². The van der Waals surface area contributed by atoms with Crippen molar-refractivity contribution in [2.75, 3.05) is 18.0 Å². The predicted molar refractivity (Wildman–Crippen MR) is 101 cm³/mol. The summed E-state index contributed by atoms with van der Waals surface area (Å²) in [4.78, 5) is 24.5. The summed E-state index contributed by atoms with van der Waals surface area (Å²) in [5.41, 5.74) is 1.41. The monoisotopic (exact) mass is 368 g/mol. The molecule has 0 radical (unpaired) electrons. The second-order valence-electron chi connectivity index (χ2n) is 6.34. The van der Waals surface area contributed by atoms with E-state index in [0.717, 1.165) is 42.3 Å². The standard InChI is InChI=1S/C18H20N6OS/c1-23-15(10-14(22-23)16-5-3-9-26-16)18(25)21-13-4-2-8-24(12-13)17-11-19-6-7-20-17/h3,5-7,9-11,13H,2,4,8,12H2,1H3,(H,21,25)/t13-/m1/s1. The smallest absolute Gasteiger partial charge is 0.269 e. The van der Waals surface area contributed by atoms with Crippen LogP contribution >= 0.6 is 11.3 Å². The van der Waals surface area contributed by atoms with E-state index < -0.39 is 0 Å². The quantitative estimate of drug-likeness (QED) is 0.765. The van der Waals surface area contributed by atoms with Crippen molar-refractivity contribution in [3.05, 3.63) is 47.9 Å². The van der Waals surface area contributed by atoms with E-state index in [1.165, 1.54) is 0 Å². The molecule has 3 aromatic heterocycles. The summed E-state index contributed by atoms with van der Waals surface area (Å²) < 4.78 is 1.65. The van der Waals surface area contributed by atoms with Crippen molar-refractivity contribution in [2.24, 2.45) is 7.05 Å². The van der Waals surface area contributed by atoms with E-state index in [1.807, 2.05) is 23.6 Å². The maximum Gasteiger partial charge on any atom is 0.269 e. The van der Waals surface area contributed by atoms with E-state index >= 15 is 0 Å². The number of piperidine rings is 1. The van der Waals surface area contributed by atoms with Crippen LogP contribution in [0.4, 0.5) is 5.82 Å². The summed E-state index contributed by atoms with van der Waals surface area (Å²) in [5.74, 6) is 0.765. The lowest BCUT2D eigenvalue weighted by Crippen LogP contribution is -2.48. The number of nitrogens with one attached hydrogen (secondary N) is 1. The van der Waals surface area contributed by atoms with Gasteiger partial charge in [-0.3, -0.25) is 14.5 Å². The molecule has 4 rings (SSSR count). The maximum atomic E-state index is 12.7. The summed E-state index contributed by atoms with van der Waals surface area (Å²) in [7, 11) is 1.80. The number of anilines is 1. The molecule has 134 valence electrons. The van der Waals surface area contributed by atoms with E-state index in [-0.39, 0.29) is 11.9 Å². The van der Waals surface area contributed by atoms with Gasteiger partial charge in [0.05, 0.1) is 11.1 Å². The van der Waals surface area contributed by atoms with Gasteiger partial charge in [-0.05, 0) is 30.4 Å². The maximum absolute atomic E-state index is 12.7. The minimum absolute atomic E-state index is 0.0818. The van der Waals surface area contributed by atoms with Crippen molar-refractivity contribution < 1.29 is 4.79 Å². The molecule has 26 heavy (non-hydrogen) atoms. The number of aromatic nitrogens is 4. The van der Waals surface area contributed by atoms with Crippen molar-refractivity contribution in [1.82, 2.24) is 25.1 Å². The van der Waals surface area contributed by atoms with Crippen molar-refractivity contribution in [3.63, 3.8) is 0 Å². The van der Waals surface area contributed by atoms with E-state index in [0.29, 0.717) is 5.69 Å². The van der Waals surface area contributed by atoms with Crippen LogP contribution in [-0.2, 0) is 7.05 Å². The highest BCUT2D eigenvalue weighted by Crippen LogP contribution is 2.24. The Morgan fingerprint density at radius 3 is 3.08 bits per heavy atom. The van der Waals surface area contributed by atoms with Gasteiger partial charge in [-0.2, -0.15) is 5.10 Å². The SMILES string of the molecule is Cn1nc(-c2cccs2)cc1C(=O)N[C@@H]1CCCN(c2cnccn2)C1. The van der Waals surface area contributed by atoms with Gasteiger partial charge in [0, 0.05) is 38.6 Å². The fourth-order valence-electron chi connectivity index (χ4n) is 3.24. The first-order valence-corrected chi connectivity index (χ1v) is 9.48. The predicted octanol–water partition coefficient (Wildman–Crippen LogP) is 2.34. The molecular formula is C18H20N6OS. The first-order valence-electron chi connectivity index (χ1n) is 8.60. The number of nitrogens with zero attached hydrogens (tertiary/aromatic N) is 5. The molecule has 1 fully saturated rings. The molecule has 1 aliphatic heterocycles. The normalized spacial score (nSPS) is 17.3. The Labute approximate surface area is 155 Å². The Hall–Kier alpha value is -2.74. The molecule has 4 heterocycles. The molecule has 0 spiro atoms. The molecular weight excluding hydrogens is 348 g/mol. The van der Waals surface area contributed by atoms with Crippen LogP contribution in [-0.4, -0.2) is 44.8 Å². The van der Waals surface area contributed by atoms with Crippen LogP contribution < -0.4 is 10.2 Å². The van der Waals surface area contributed by atoms with Crippen LogP contribution in [0.1, 0.15) is 23.3 Å². The van der Waals surface area contributed by atoms with E-state index in [1.54, 1.807) is 41.7 Å². The highest BCUT2D eigenvalue weighted by molar-refractivity contribution is 7.13. The molecule has 1 amide bonds. The second-order valence-corrected chi connectivity index (χ2v) is 7.29. The number of amides is 1. The van der Waals surface area contributed by atoms with Crippen molar-refractivity contribution in [1.29, 1.82) is 0 Å². The average Bonchev–Trinajstić information content (AvgIpc) is 3.32. The number of thiophene rings is 1. The van der Waals surface area contributed by atoms with Gasteiger partial charge < -0.3 is 10.2 Å². The molecule has 0 aromatic carbocycles. The number of rotatable bonds is 4. The number of aryl methyl sites for hydroxylation is 1. The third-order valence-corrected chi connectivity index (χ3v) is 5.41.